The number of nitrogens with zero attached hydrogens (tertiary/aromatic N) is 3. The van der Waals surface area contributed by atoms with Crippen LogP contribution in [0.2, 0.25) is 0 Å². The minimum absolute atomic E-state index is 0.0668. The topological polar surface area (TPSA) is 87.9 Å². The van der Waals surface area contributed by atoms with Crippen LogP contribution in [0.4, 0.5) is 0 Å². The number of aromatic amines is 1. The molecule has 1 aromatic heterocycles. The van der Waals surface area contributed by atoms with Crippen molar-refractivity contribution in [2.75, 3.05) is 6.54 Å². The number of amides is 1. The summed E-state index contributed by atoms with van der Waals surface area (Å²) in [6.07, 6.45) is 1.73. The number of H-pyrrole nitrogens is 1. The molecule has 0 spiro atoms. The van der Waals surface area contributed by atoms with Crippen LogP contribution in [0, 0.1) is 6.92 Å². The lowest BCUT2D eigenvalue weighted by atomic mass is 9.98. The molecule has 6 heteroatoms. The third kappa shape index (κ3) is 2.87. The van der Waals surface area contributed by atoms with Gasteiger partial charge in [0.25, 0.3) is 5.91 Å². The summed E-state index contributed by atoms with van der Waals surface area (Å²) in [5, 5.41) is 6.94. The molecule has 0 aliphatic carbocycles. The van der Waals surface area contributed by atoms with E-state index in [4.69, 9.17) is 5.73 Å². The first-order chi connectivity index (χ1) is 10.5. The molecule has 1 aromatic carbocycles. The summed E-state index contributed by atoms with van der Waals surface area (Å²) >= 11 is 0. The lowest BCUT2D eigenvalue weighted by molar-refractivity contribution is 0.0619. The van der Waals surface area contributed by atoms with Gasteiger partial charge in [-0.15, -0.1) is 0 Å². The standard InChI is InChI=1S/C16H21N5O/c1-10-9-14(17)7-8-21(10)16(22)13-5-3-12(4-6-13)15-18-11(2)19-20-15/h3-6,10,14H,7-9,17H2,1-2H3,(H,18,19,20). The normalized spacial score (nSPS) is 21.9. The number of likely N-dealkylation sites (tertiary alicyclic amines) is 1. The number of carbonyl (C=O) groups excluding carboxylic acids is 1. The minimum Gasteiger partial charge on any atom is -0.336 e. The molecule has 1 fully saturated rings. The summed E-state index contributed by atoms with van der Waals surface area (Å²) in [6, 6.07) is 7.84. The molecule has 2 atom stereocenters. The van der Waals surface area contributed by atoms with Crippen molar-refractivity contribution in [2.24, 2.45) is 5.73 Å². The van der Waals surface area contributed by atoms with Crippen molar-refractivity contribution >= 4 is 5.91 Å². The van der Waals surface area contributed by atoms with Crippen LogP contribution in [0.3, 0.4) is 0 Å². The molecular weight excluding hydrogens is 278 g/mol. The van der Waals surface area contributed by atoms with Crippen LogP contribution < -0.4 is 5.73 Å². The SMILES string of the molecule is Cc1nc(-c2ccc(C(=O)N3CCC(N)CC3C)cc2)n[nH]1. The fourth-order valence-electron chi connectivity index (χ4n) is 2.91. The molecule has 0 saturated carbocycles. The Morgan fingerprint density at radius 3 is 2.68 bits per heavy atom. The fourth-order valence-corrected chi connectivity index (χ4v) is 2.91. The van der Waals surface area contributed by atoms with Gasteiger partial charge in [0, 0.05) is 29.8 Å². The summed E-state index contributed by atoms with van der Waals surface area (Å²) < 4.78 is 0. The van der Waals surface area contributed by atoms with Crippen molar-refractivity contribution in [1.82, 2.24) is 20.1 Å². The maximum atomic E-state index is 12.6. The highest BCUT2D eigenvalue weighted by Crippen LogP contribution is 2.21. The number of piperidine rings is 1. The Balaban J connectivity index is 1.76. The van der Waals surface area contributed by atoms with E-state index < -0.39 is 0 Å². The Labute approximate surface area is 129 Å². The van der Waals surface area contributed by atoms with Gasteiger partial charge in [0.05, 0.1) is 0 Å². The van der Waals surface area contributed by atoms with Crippen molar-refractivity contribution in [3.05, 3.63) is 35.7 Å². The van der Waals surface area contributed by atoms with E-state index in [-0.39, 0.29) is 18.0 Å². The van der Waals surface area contributed by atoms with Crippen molar-refractivity contribution in [3.63, 3.8) is 0 Å². The molecule has 22 heavy (non-hydrogen) atoms. The van der Waals surface area contributed by atoms with E-state index in [1.54, 1.807) is 0 Å². The number of nitrogens with one attached hydrogen (secondary N) is 1. The van der Waals surface area contributed by atoms with Crippen LogP contribution in [0.25, 0.3) is 11.4 Å². The van der Waals surface area contributed by atoms with Crippen LogP contribution in [-0.2, 0) is 0 Å². The van der Waals surface area contributed by atoms with Crippen LogP contribution in [0.1, 0.15) is 35.9 Å². The van der Waals surface area contributed by atoms with Crippen LogP contribution in [-0.4, -0.2) is 44.6 Å². The molecule has 1 aliphatic rings. The summed E-state index contributed by atoms with van der Waals surface area (Å²) in [5.41, 5.74) is 7.55. The molecule has 0 bridgehead atoms. The summed E-state index contributed by atoms with van der Waals surface area (Å²) in [6.45, 7) is 4.64. The minimum atomic E-state index is 0.0668. The van der Waals surface area contributed by atoms with Crippen molar-refractivity contribution < 1.29 is 4.79 Å². The number of hydrogen-bond acceptors (Lipinski definition) is 4. The number of aryl methyl sites for hydroxylation is 1. The zero-order chi connectivity index (χ0) is 15.7. The fraction of sp³-hybridized carbons (Fsp3) is 0.438. The number of hydrogen-bond donors (Lipinski definition) is 2. The Hall–Kier alpha value is -2.21. The van der Waals surface area contributed by atoms with Crippen molar-refractivity contribution in [3.8, 4) is 11.4 Å². The van der Waals surface area contributed by atoms with Gasteiger partial charge < -0.3 is 10.6 Å². The van der Waals surface area contributed by atoms with Gasteiger partial charge in [-0.1, -0.05) is 12.1 Å². The predicted molar refractivity (Wildman–Crippen MR) is 84.3 cm³/mol. The Morgan fingerprint density at radius 1 is 1.36 bits per heavy atom. The monoisotopic (exact) mass is 299 g/mol. The molecule has 1 saturated heterocycles. The maximum absolute atomic E-state index is 12.6. The molecule has 0 radical (unpaired) electrons. The molecule has 1 aliphatic heterocycles. The quantitative estimate of drug-likeness (QED) is 0.884. The largest absolute Gasteiger partial charge is 0.336 e. The summed E-state index contributed by atoms with van der Waals surface area (Å²) in [7, 11) is 0. The molecule has 116 valence electrons. The Bertz CT molecular complexity index is 663. The predicted octanol–water partition coefficient (Wildman–Crippen LogP) is 1.73. The number of aromatic nitrogens is 3. The zero-order valence-electron chi connectivity index (χ0n) is 12.9. The lowest BCUT2D eigenvalue weighted by Crippen LogP contribution is -2.48. The maximum Gasteiger partial charge on any atom is 0.254 e. The van der Waals surface area contributed by atoms with Crippen LogP contribution in [0.5, 0.6) is 0 Å². The second-order valence-electron chi connectivity index (χ2n) is 5.95. The van der Waals surface area contributed by atoms with Crippen LogP contribution in [0.15, 0.2) is 24.3 Å². The molecule has 1 amide bonds. The van der Waals surface area contributed by atoms with Gasteiger partial charge in [-0.25, -0.2) is 4.98 Å². The van der Waals surface area contributed by atoms with Crippen LogP contribution >= 0.6 is 0 Å². The van der Waals surface area contributed by atoms with E-state index in [2.05, 4.69) is 22.1 Å². The van der Waals surface area contributed by atoms with Gasteiger partial charge in [0.1, 0.15) is 5.82 Å². The number of benzene rings is 1. The van der Waals surface area contributed by atoms with Crippen molar-refractivity contribution in [1.29, 1.82) is 0 Å². The van der Waals surface area contributed by atoms with E-state index in [9.17, 15) is 4.79 Å². The molecule has 2 unspecified atom stereocenters. The average Bonchev–Trinajstić information content (AvgIpc) is 2.93. The van der Waals surface area contributed by atoms with Gasteiger partial charge in [-0.3, -0.25) is 9.89 Å². The zero-order valence-corrected chi connectivity index (χ0v) is 12.9. The first-order valence-electron chi connectivity index (χ1n) is 7.60. The molecule has 6 nitrogen and oxygen atoms in total. The van der Waals surface area contributed by atoms with E-state index >= 15 is 0 Å². The molecule has 3 rings (SSSR count). The van der Waals surface area contributed by atoms with E-state index in [1.807, 2.05) is 36.1 Å². The van der Waals surface area contributed by atoms with Gasteiger partial charge in [0.2, 0.25) is 0 Å². The van der Waals surface area contributed by atoms with Gasteiger partial charge in [-0.2, -0.15) is 5.10 Å². The van der Waals surface area contributed by atoms with Gasteiger partial charge >= 0.3 is 0 Å². The first-order valence-corrected chi connectivity index (χ1v) is 7.60. The third-order valence-corrected chi connectivity index (χ3v) is 4.16. The van der Waals surface area contributed by atoms with Gasteiger partial charge in [0.15, 0.2) is 5.82 Å². The highest BCUT2D eigenvalue weighted by Gasteiger charge is 2.27. The molecule has 2 heterocycles. The highest BCUT2D eigenvalue weighted by molar-refractivity contribution is 5.94. The second kappa shape index (κ2) is 5.88. The second-order valence-corrected chi connectivity index (χ2v) is 5.95. The number of carbonyl (C=O) groups is 1. The van der Waals surface area contributed by atoms with E-state index in [0.29, 0.717) is 11.4 Å². The molecule has 2 aromatic rings. The highest BCUT2D eigenvalue weighted by atomic mass is 16.2. The molecule has 3 N–H and O–H groups in total. The smallest absolute Gasteiger partial charge is 0.254 e. The van der Waals surface area contributed by atoms with E-state index in [1.165, 1.54) is 0 Å². The third-order valence-electron chi connectivity index (χ3n) is 4.16. The molecular formula is C16H21N5O. The van der Waals surface area contributed by atoms with Gasteiger partial charge in [-0.05, 0) is 38.8 Å². The van der Waals surface area contributed by atoms with Crippen molar-refractivity contribution in [2.45, 2.75) is 38.8 Å². The number of rotatable bonds is 2. The number of nitrogens with two attached hydrogens (primary N) is 1. The average molecular weight is 299 g/mol. The summed E-state index contributed by atoms with van der Waals surface area (Å²) in [5.74, 6) is 1.49. The Morgan fingerprint density at radius 2 is 2.09 bits per heavy atom. The first kappa shape index (κ1) is 14.7. The summed E-state index contributed by atoms with van der Waals surface area (Å²) in [4.78, 5) is 18.8. The Kier molecular flexibility index (Phi) is 3.94. The van der Waals surface area contributed by atoms with E-state index in [0.717, 1.165) is 30.8 Å². The lowest BCUT2D eigenvalue weighted by Gasteiger charge is -2.36.